The van der Waals surface area contributed by atoms with Crippen molar-refractivity contribution in [2.75, 3.05) is 20.3 Å². The van der Waals surface area contributed by atoms with E-state index in [0.717, 1.165) is 25.0 Å². The molecule has 1 fully saturated rings. The Kier molecular flexibility index (Phi) is 4.90. The van der Waals surface area contributed by atoms with Gasteiger partial charge in [0, 0.05) is 18.7 Å². The first-order valence-electron chi connectivity index (χ1n) is 6.33. The van der Waals surface area contributed by atoms with E-state index in [2.05, 4.69) is 10.3 Å². The van der Waals surface area contributed by atoms with E-state index >= 15 is 0 Å². The molecule has 0 bridgehead atoms. The van der Waals surface area contributed by atoms with Crippen molar-refractivity contribution >= 4 is 0 Å². The average molecular weight is 254 g/mol. The highest BCUT2D eigenvalue weighted by Crippen LogP contribution is 2.18. The second-order valence-electron chi connectivity index (χ2n) is 4.45. The largest absolute Gasteiger partial charge is 0.475 e. The van der Waals surface area contributed by atoms with Crippen molar-refractivity contribution in [2.24, 2.45) is 0 Å². The van der Waals surface area contributed by atoms with Gasteiger partial charge in [0.1, 0.15) is 12.4 Å². The minimum Gasteiger partial charge on any atom is -0.475 e. The van der Waals surface area contributed by atoms with Gasteiger partial charge in [-0.25, -0.2) is 9.37 Å². The van der Waals surface area contributed by atoms with Gasteiger partial charge in [0.15, 0.2) is 0 Å². The van der Waals surface area contributed by atoms with E-state index in [4.69, 9.17) is 9.47 Å². The van der Waals surface area contributed by atoms with Crippen LogP contribution in [0.25, 0.3) is 0 Å². The molecule has 0 aromatic carbocycles. The van der Waals surface area contributed by atoms with Gasteiger partial charge in [-0.2, -0.15) is 0 Å². The summed E-state index contributed by atoms with van der Waals surface area (Å²) < 4.78 is 24.3. The lowest BCUT2D eigenvalue weighted by Gasteiger charge is -2.22. The molecule has 1 N–H and O–H groups in total. The maximum absolute atomic E-state index is 13.1. The lowest BCUT2D eigenvalue weighted by Crippen LogP contribution is -2.26. The number of halogens is 1. The molecule has 0 spiro atoms. The monoisotopic (exact) mass is 254 g/mol. The molecule has 1 aromatic heterocycles. The van der Waals surface area contributed by atoms with Gasteiger partial charge in [0.25, 0.3) is 0 Å². The number of nitrogens with one attached hydrogen (secondary N) is 1. The van der Waals surface area contributed by atoms with Gasteiger partial charge in [0.2, 0.25) is 5.88 Å². The van der Waals surface area contributed by atoms with Crippen molar-refractivity contribution in [3.8, 4) is 5.88 Å². The zero-order valence-electron chi connectivity index (χ0n) is 10.6. The van der Waals surface area contributed by atoms with Crippen LogP contribution < -0.4 is 10.1 Å². The maximum Gasteiger partial charge on any atom is 0.218 e. The van der Waals surface area contributed by atoms with Crippen LogP contribution in [0.15, 0.2) is 12.3 Å². The Balaban J connectivity index is 1.94. The molecule has 1 aliphatic heterocycles. The number of aromatic nitrogens is 1. The van der Waals surface area contributed by atoms with Crippen LogP contribution in [-0.2, 0) is 11.3 Å². The number of pyridine rings is 1. The Morgan fingerprint density at radius 2 is 2.44 bits per heavy atom. The van der Waals surface area contributed by atoms with Crippen LogP contribution in [0, 0.1) is 5.82 Å². The van der Waals surface area contributed by atoms with Crippen molar-refractivity contribution in [1.82, 2.24) is 10.3 Å². The standard InChI is InChI=1S/C13H19FN2O2/c1-15-7-10-6-11(14)8-16-13(10)18-9-12-4-2-3-5-17-12/h6,8,12,15H,2-5,7,9H2,1H3. The number of rotatable bonds is 5. The van der Waals surface area contributed by atoms with E-state index in [1.54, 1.807) is 7.05 Å². The Morgan fingerprint density at radius 1 is 1.56 bits per heavy atom. The molecule has 2 rings (SSSR count). The molecule has 0 saturated carbocycles. The Bertz CT molecular complexity index is 381. The summed E-state index contributed by atoms with van der Waals surface area (Å²) in [5.74, 6) is 0.140. The van der Waals surface area contributed by atoms with Gasteiger partial charge in [-0.05, 0) is 32.4 Å². The maximum atomic E-state index is 13.1. The summed E-state index contributed by atoms with van der Waals surface area (Å²) in [6.07, 6.45) is 4.62. The summed E-state index contributed by atoms with van der Waals surface area (Å²) in [7, 11) is 1.80. The fourth-order valence-corrected chi connectivity index (χ4v) is 2.03. The van der Waals surface area contributed by atoms with Gasteiger partial charge < -0.3 is 14.8 Å². The molecule has 1 aromatic rings. The molecule has 5 heteroatoms. The first kappa shape index (κ1) is 13.2. The van der Waals surface area contributed by atoms with E-state index in [1.807, 2.05) is 0 Å². The summed E-state index contributed by atoms with van der Waals surface area (Å²) >= 11 is 0. The predicted molar refractivity (Wildman–Crippen MR) is 66.0 cm³/mol. The summed E-state index contributed by atoms with van der Waals surface area (Å²) in [5.41, 5.74) is 0.730. The van der Waals surface area contributed by atoms with Crippen LogP contribution in [0.5, 0.6) is 5.88 Å². The molecule has 18 heavy (non-hydrogen) atoms. The predicted octanol–water partition coefficient (Wildman–Crippen LogP) is 1.89. The number of nitrogens with zero attached hydrogens (tertiary/aromatic N) is 1. The van der Waals surface area contributed by atoms with E-state index in [-0.39, 0.29) is 11.9 Å². The summed E-state index contributed by atoms with van der Waals surface area (Å²) in [4.78, 5) is 3.99. The van der Waals surface area contributed by atoms with Gasteiger partial charge in [-0.15, -0.1) is 0 Å². The Morgan fingerprint density at radius 3 is 3.17 bits per heavy atom. The molecule has 1 atom stereocenters. The van der Waals surface area contributed by atoms with Crippen LogP contribution in [-0.4, -0.2) is 31.3 Å². The molecule has 2 heterocycles. The van der Waals surface area contributed by atoms with Crippen LogP contribution in [0.2, 0.25) is 0 Å². The van der Waals surface area contributed by atoms with Gasteiger partial charge in [-0.1, -0.05) is 0 Å². The number of ether oxygens (including phenoxy) is 2. The summed E-state index contributed by atoms with van der Waals surface area (Å²) in [5, 5.41) is 2.97. The molecule has 1 saturated heterocycles. The van der Waals surface area contributed by atoms with E-state index in [1.165, 1.54) is 18.7 Å². The van der Waals surface area contributed by atoms with E-state index in [9.17, 15) is 4.39 Å². The quantitative estimate of drug-likeness (QED) is 0.871. The van der Waals surface area contributed by atoms with Crippen LogP contribution in [0.4, 0.5) is 4.39 Å². The molecule has 1 unspecified atom stereocenters. The third kappa shape index (κ3) is 3.65. The zero-order valence-corrected chi connectivity index (χ0v) is 10.6. The van der Waals surface area contributed by atoms with Crippen molar-refractivity contribution in [3.63, 3.8) is 0 Å². The van der Waals surface area contributed by atoms with Crippen molar-refractivity contribution < 1.29 is 13.9 Å². The molecular weight excluding hydrogens is 235 g/mol. The first-order valence-corrected chi connectivity index (χ1v) is 6.33. The van der Waals surface area contributed by atoms with Crippen LogP contribution in [0.1, 0.15) is 24.8 Å². The average Bonchev–Trinajstić information content (AvgIpc) is 2.39. The third-order valence-electron chi connectivity index (χ3n) is 2.94. The second-order valence-corrected chi connectivity index (χ2v) is 4.45. The number of hydrogen-bond donors (Lipinski definition) is 1. The van der Waals surface area contributed by atoms with E-state index < -0.39 is 0 Å². The highest BCUT2D eigenvalue weighted by atomic mass is 19.1. The van der Waals surface area contributed by atoms with Gasteiger partial charge in [-0.3, -0.25) is 0 Å². The smallest absolute Gasteiger partial charge is 0.218 e. The molecule has 4 nitrogen and oxygen atoms in total. The SMILES string of the molecule is CNCc1cc(F)cnc1OCC1CCCCO1. The fraction of sp³-hybridized carbons (Fsp3) is 0.615. The number of hydrogen-bond acceptors (Lipinski definition) is 4. The fourth-order valence-electron chi connectivity index (χ4n) is 2.03. The highest BCUT2D eigenvalue weighted by Gasteiger charge is 2.16. The summed E-state index contributed by atoms with van der Waals surface area (Å²) in [6, 6.07) is 1.45. The van der Waals surface area contributed by atoms with Crippen molar-refractivity contribution in [3.05, 3.63) is 23.6 Å². The molecule has 0 amide bonds. The molecule has 1 aliphatic rings. The third-order valence-corrected chi connectivity index (χ3v) is 2.94. The lowest BCUT2D eigenvalue weighted by molar-refractivity contribution is -0.0121. The lowest BCUT2D eigenvalue weighted by atomic mass is 10.1. The normalized spacial score (nSPS) is 19.8. The Hall–Kier alpha value is -1.20. The summed E-state index contributed by atoms with van der Waals surface area (Å²) in [6.45, 7) is 1.81. The van der Waals surface area contributed by atoms with Gasteiger partial charge in [0.05, 0.1) is 12.3 Å². The Labute approximate surface area is 107 Å². The molecule has 0 radical (unpaired) electrons. The molecule has 0 aliphatic carbocycles. The zero-order chi connectivity index (χ0) is 12.8. The second kappa shape index (κ2) is 6.66. The van der Waals surface area contributed by atoms with Crippen LogP contribution >= 0.6 is 0 Å². The minimum absolute atomic E-state index is 0.132. The van der Waals surface area contributed by atoms with Crippen molar-refractivity contribution in [2.45, 2.75) is 31.9 Å². The van der Waals surface area contributed by atoms with E-state index in [0.29, 0.717) is 19.0 Å². The van der Waals surface area contributed by atoms with Crippen molar-refractivity contribution in [1.29, 1.82) is 0 Å². The minimum atomic E-state index is -0.346. The van der Waals surface area contributed by atoms with Crippen LogP contribution in [0.3, 0.4) is 0 Å². The molecule has 100 valence electrons. The highest BCUT2D eigenvalue weighted by molar-refractivity contribution is 5.26. The first-order chi connectivity index (χ1) is 8.79. The molecular formula is C13H19FN2O2. The topological polar surface area (TPSA) is 43.4 Å². The van der Waals surface area contributed by atoms with Gasteiger partial charge >= 0.3 is 0 Å².